The summed E-state index contributed by atoms with van der Waals surface area (Å²) in [5.74, 6) is 0.308. The number of nitro benzene ring substituents is 1. The minimum atomic E-state index is -0.389. The Kier molecular flexibility index (Phi) is 4.62. The van der Waals surface area contributed by atoms with Gasteiger partial charge in [-0.25, -0.2) is 0 Å². The molecule has 112 valence electrons. The van der Waals surface area contributed by atoms with Crippen molar-refractivity contribution >= 4 is 27.3 Å². The van der Waals surface area contributed by atoms with E-state index in [9.17, 15) is 10.1 Å². The highest BCUT2D eigenvalue weighted by Gasteiger charge is 2.16. The fourth-order valence-corrected chi connectivity index (χ4v) is 2.52. The summed E-state index contributed by atoms with van der Waals surface area (Å²) in [6, 6.07) is 4.98. The fraction of sp³-hybridized carbons (Fsp3) is 0.357. The van der Waals surface area contributed by atoms with Crippen LogP contribution in [-0.2, 0) is 13.6 Å². The maximum atomic E-state index is 11.1. The molecule has 1 heterocycles. The van der Waals surface area contributed by atoms with Crippen LogP contribution in [0.25, 0.3) is 0 Å². The first kappa shape index (κ1) is 15.5. The Morgan fingerprint density at radius 3 is 2.81 bits per heavy atom. The maximum Gasteiger partial charge on any atom is 0.293 e. The highest BCUT2D eigenvalue weighted by atomic mass is 79.9. The number of nitrogens with zero attached hydrogens (tertiary/aromatic N) is 3. The first-order chi connectivity index (χ1) is 9.88. The molecule has 0 unspecified atom stereocenters. The molecule has 7 heteroatoms. The number of benzene rings is 1. The molecule has 0 bridgehead atoms. The lowest BCUT2D eigenvalue weighted by Gasteiger charge is -2.09. The molecular weight excluding hydrogens is 336 g/mol. The summed E-state index contributed by atoms with van der Waals surface area (Å²) in [5, 5.41) is 18.7. The van der Waals surface area contributed by atoms with E-state index in [0.717, 1.165) is 11.3 Å². The van der Waals surface area contributed by atoms with Crippen LogP contribution >= 0.6 is 15.9 Å². The predicted octanol–water partition coefficient (Wildman–Crippen LogP) is 3.83. The molecule has 21 heavy (non-hydrogen) atoms. The van der Waals surface area contributed by atoms with E-state index in [-0.39, 0.29) is 10.6 Å². The molecular formula is C14H17BrN4O2. The first-order valence-electron chi connectivity index (χ1n) is 6.58. The number of nitrogens with one attached hydrogen (secondary N) is 1. The van der Waals surface area contributed by atoms with Crippen LogP contribution in [0.4, 0.5) is 11.4 Å². The highest BCUT2D eigenvalue weighted by molar-refractivity contribution is 9.10. The van der Waals surface area contributed by atoms with Gasteiger partial charge in [-0.1, -0.05) is 29.8 Å². The Bertz CT molecular complexity index is 667. The van der Waals surface area contributed by atoms with Gasteiger partial charge in [-0.15, -0.1) is 0 Å². The zero-order valence-electron chi connectivity index (χ0n) is 12.1. The maximum absolute atomic E-state index is 11.1. The minimum absolute atomic E-state index is 0.0550. The smallest absolute Gasteiger partial charge is 0.293 e. The van der Waals surface area contributed by atoms with Gasteiger partial charge >= 0.3 is 0 Å². The van der Waals surface area contributed by atoms with Crippen LogP contribution in [0.15, 0.2) is 28.9 Å². The van der Waals surface area contributed by atoms with Gasteiger partial charge in [0.2, 0.25) is 0 Å². The molecule has 1 aromatic carbocycles. The van der Waals surface area contributed by atoms with Crippen LogP contribution in [0.3, 0.4) is 0 Å². The average Bonchev–Trinajstić information content (AvgIpc) is 2.78. The lowest BCUT2D eigenvalue weighted by Crippen LogP contribution is -2.04. The summed E-state index contributed by atoms with van der Waals surface area (Å²) in [6.45, 7) is 4.66. The molecule has 2 aromatic rings. The zero-order chi connectivity index (χ0) is 15.6. The van der Waals surface area contributed by atoms with Gasteiger partial charge in [0.15, 0.2) is 0 Å². The second-order valence-electron chi connectivity index (χ2n) is 5.14. The van der Waals surface area contributed by atoms with E-state index in [2.05, 4.69) is 40.2 Å². The summed E-state index contributed by atoms with van der Waals surface area (Å²) in [7, 11) is 1.87. The van der Waals surface area contributed by atoms with E-state index in [1.807, 2.05) is 13.2 Å². The Balaban J connectivity index is 2.23. The quantitative estimate of drug-likeness (QED) is 0.655. The van der Waals surface area contributed by atoms with E-state index in [4.69, 9.17) is 0 Å². The number of halogens is 1. The molecule has 1 aromatic heterocycles. The van der Waals surface area contributed by atoms with Crippen molar-refractivity contribution in [2.75, 3.05) is 5.32 Å². The van der Waals surface area contributed by atoms with Gasteiger partial charge in [-0.05, 0) is 18.1 Å². The SMILES string of the molecule is CC(C)c1nn(C)cc1CNc1ccc(Br)cc1[N+](=O)[O-]. The van der Waals surface area contributed by atoms with Crippen molar-refractivity contribution in [1.82, 2.24) is 9.78 Å². The number of aromatic nitrogens is 2. The van der Waals surface area contributed by atoms with Crippen molar-refractivity contribution in [1.29, 1.82) is 0 Å². The number of hydrogen-bond donors (Lipinski definition) is 1. The minimum Gasteiger partial charge on any atom is -0.375 e. The molecule has 0 saturated heterocycles. The normalized spacial score (nSPS) is 10.9. The van der Waals surface area contributed by atoms with Gasteiger partial charge in [0.1, 0.15) is 5.69 Å². The number of hydrogen-bond acceptors (Lipinski definition) is 4. The van der Waals surface area contributed by atoms with E-state index in [1.54, 1.807) is 16.8 Å². The third-order valence-electron chi connectivity index (χ3n) is 3.11. The van der Waals surface area contributed by atoms with Crippen molar-refractivity contribution in [2.45, 2.75) is 26.3 Å². The molecule has 0 fully saturated rings. The predicted molar refractivity (Wildman–Crippen MR) is 85.4 cm³/mol. The van der Waals surface area contributed by atoms with Gasteiger partial charge in [-0.3, -0.25) is 14.8 Å². The van der Waals surface area contributed by atoms with Crippen LogP contribution in [0.2, 0.25) is 0 Å². The lowest BCUT2D eigenvalue weighted by atomic mass is 10.1. The number of nitro groups is 1. The topological polar surface area (TPSA) is 73.0 Å². The third kappa shape index (κ3) is 3.60. The zero-order valence-corrected chi connectivity index (χ0v) is 13.7. The van der Waals surface area contributed by atoms with E-state index >= 15 is 0 Å². The molecule has 0 aliphatic rings. The lowest BCUT2D eigenvalue weighted by molar-refractivity contribution is -0.384. The largest absolute Gasteiger partial charge is 0.375 e. The highest BCUT2D eigenvalue weighted by Crippen LogP contribution is 2.29. The summed E-state index contributed by atoms with van der Waals surface area (Å²) in [5.41, 5.74) is 2.61. The third-order valence-corrected chi connectivity index (χ3v) is 3.60. The number of anilines is 1. The molecule has 0 aliphatic heterocycles. The second-order valence-corrected chi connectivity index (χ2v) is 6.06. The molecule has 0 spiro atoms. The van der Waals surface area contributed by atoms with Crippen molar-refractivity contribution in [3.05, 3.63) is 50.2 Å². The Morgan fingerprint density at radius 2 is 2.19 bits per heavy atom. The fourth-order valence-electron chi connectivity index (χ4n) is 2.17. The standard InChI is InChI=1S/C14H17BrN4O2/c1-9(2)14-10(8-18(3)17-14)7-16-12-5-4-11(15)6-13(12)19(20)21/h4-6,8-9,16H,7H2,1-3H3. The van der Waals surface area contributed by atoms with Gasteiger partial charge < -0.3 is 5.32 Å². The van der Waals surface area contributed by atoms with Gasteiger partial charge in [-0.2, -0.15) is 5.10 Å². The van der Waals surface area contributed by atoms with Crippen LogP contribution in [0.1, 0.15) is 31.0 Å². The monoisotopic (exact) mass is 352 g/mol. The van der Waals surface area contributed by atoms with Crippen molar-refractivity contribution < 1.29 is 4.92 Å². The van der Waals surface area contributed by atoms with E-state index < -0.39 is 0 Å². The van der Waals surface area contributed by atoms with Gasteiger partial charge in [0, 0.05) is 35.9 Å². The van der Waals surface area contributed by atoms with Crippen LogP contribution in [0, 0.1) is 10.1 Å². The first-order valence-corrected chi connectivity index (χ1v) is 7.38. The average molecular weight is 353 g/mol. The Hall–Kier alpha value is -1.89. The molecule has 0 amide bonds. The molecule has 0 aliphatic carbocycles. The molecule has 2 rings (SSSR count). The van der Waals surface area contributed by atoms with Crippen molar-refractivity contribution in [2.24, 2.45) is 7.05 Å². The van der Waals surface area contributed by atoms with E-state index in [1.165, 1.54) is 6.07 Å². The molecule has 0 saturated carbocycles. The van der Waals surface area contributed by atoms with Gasteiger partial charge in [0.05, 0.1) is 10.6 Å². The van der Waals surface area contributed by atoms with Crippen LogP contribution < -0.4 is 5.32 Å². The van der Waals surface area contributed by atoms with Crippen molar-refractivity contribution in [3.63, 3.8) is 0 Å². The van der Waals surface area contributed by atoms with E-state index in [0.29, 0.717) is 22.6 Å². The van der Waals surface area contributed by atoms with Crippen molar-refractivity contribution in [3.8, 4) is 0 Å². The molecule has 6 nitrogen and oxygen atoms in total. The second kappa shape index (κ2) is 6.26. The number of aryl methyl sites for hydroxylation is 1. The Labute approximate surface area is 131 Å². The Morgan fingerprint density at radius 1 is 1.48 bits per heavy atom. The number of rotatable bonds is 5. The summed E-state index contributed by atoms with van der Waals surface area (Å²) in [4.78, 5) is 10.7. The molecule has 0 atom stereocenters. The summed E-state index contributed by atoms with van der Waals surface area (Å²) < 4.78 is 2.45. The summed E-state index contributed by atoms with van der Waals surface area (Å²) >= 11 is 3.25. The summed E-state index contributed by atoms with van der Waals surface area (Å²) in [6.07, 6.45) is 1.94. The molecule has 1 N–H and O–H groups in total. The van der Waals surface area contributed by atoms with Crippen LogP contribution in [-0.4, -0.2) is 14.7 Å². The van der Waals surface area contributed by atoms with Crippen LogP contribution in [0.5, 0.6) is 0 Å². The van der Waals surface area contributed by atoms with Gasteiger partial charge in [0.25, 0.3) is 5.69 Å². The molecule has 0 radical (unpaired) electrons.